The Kier molecular flexibility index (Phi) is 2.04. The van der Waals surface area contributed by atoms with E-state index in [9.17, 15) is 9.90 Å². The lowest BCUT2D eigenvalue weighted by Gasteiger charge is -2.05. The van der Waals surface area contributed by atoms with Gasteiger partial charge in [-0.1, -0.05) is 0 Å². The molecule has 0 fully saturated rings. The molecule has 1 aromatic rings. The van der Waals surface area contributed by atoms with E-state index < -0.39 is 5.97 Å². The minimum absolute atomic E-state index is 0.0195. The van der Waals surface area contributed by atoms with Gasteiger partial charge in [-0.05, 0) is 6.07 Å². The Morgan fingerprint density at radius 3 is 3.07 bits per heavy atom. The van der Waals surface area contributed by atoms with E-state index in [-0.39, 0.29) is 5.75 Å². The van der Waals surface area contributed by atoms with Gasteiger partial charge in [0, 0.05) is 18.1 Å². The summed E-state index contributed by atoms with van der Waals surface area (Å²) in [5, 5.41) is 9.33. The molecule has 4 nitrogen and oxygen atoms in total. The summed E-state index contributed by atoms with van der Waals surface area (Å²) in [4.78, 5) is 11.3. The number of benzene rings is 1. The van der Waals surface area contributed by atoms with Crippen molar-refractivity contribution in [2.75, 3.05) is 13.7 Å². The minimum atomic E-state index is -0.442. The van der Waals surface area contributed by atoms with E-state index >= 15 is 0 Å². The Morgan fingerprint density at radius 2 is 2.36 bits per heavy atom. The molecule has 1 N–H and O–H groups in total. The number of hydrogen-bond acceptors (Lipinski definition) is 4. The summed E-state index contributed by atoms with van der Waals surface area (Å²) in [6.07, 6.45) is 0.681. The van der Waals surface area contributed by atoms with E-state index in [2.05, 4.69) is 4.74 Å². The molecule has 0 amide bonds. The molecule has 0 radical (unpaired) electrons. The van der Waals surface area contributed by atoms with Crippen molar-refractivity contribution in [1.82, 2.24) is 0 Å². The van der Waals surface area contributed by atoms with E-state index in [0.717, 1.165) is 5.56 Å². The molecule has 0 spiro atoms. The molecule has 1 aromatic carbocycles. The van der Waals surface area contributed by atoms with Gasteiger partial charge in [0.15, 0.2) is 0 Å². The molecular formula is C10H10O4. The largest absolute Gasteiger partial charge is 0.508 e. The highest BCUT2D eigenvalue weighted by Crippen LogP contribution is 2.32. The summed E-state index contributed by atoms with van der Waals surface area (Å²) in [6, 6.07) is 2.91. The molecule has 0 aliphatic carbocycles. The van der Waals surface area contributed by atoms with Crippen molar-refractivity contribution in [3.63, 3.8) is 0 Å². The Labute approximate surface area is 81.1 Å². The van der Waals surface area contributed by atoms with Crippen LogP contribution in [0.15, 0.2) is 12.1 Å². The Balaban J connectivity index is 2.54. The summed E-state index contributed by atoms with van der Waals surface area (Å²) in [5.41, 5.74) is 1.20. The Hall–Kier alpha value is -1.71. The molecule has 0 atom stereocenters. The number of aromatic hydroxyl groups is 1. The monoisotopic (exact) mass is 194 g/mol. The normalized spacial score (nSPS) is 13.2. The maximum atomic E-state index is 11.3. The lowest BCUT2D eigenvalue weighted by atomic mass is 10.0. The first kappa shape index (κ1) is 8.87. The number of fused-ring (bicyclic) bond motifs is 1. The fourth-order valence-corrected chi connectivity index (χ4v) is 1.57. The van der Waals surface area contributed by atoms with Gasteiger partial charge in [-0.3, -0.25) is 0 Å². The Morgan fingerprint density at radius 1 is 1.57 bits per heavy atom. The third kappa shape index (κ3) is 1.28. The van der Waals surface area contributed by atoms with Crippen LogP contribution in [0.1, 0.15) is 15.9 Å². The zero-order valence-electron chi connectivity index (χ0n) is 7.74. The van der Waals surface area contributed by atoms with E-state index in [0.29, 0.717) is 24.3 Å². The zero-order valence-corrected chi connectivity index (χ0v) is 7.74. The van der Waals surface area contributed by atoms with E-state index in [4.69, 9.17) is 4.74 Å². The summed E-state index contributed by atoms with van der Waals surface area (Å²) < 4.78 is 9.86. The quantitative estimate of drug-likeness (QED) is 0.680. The van der Waals surface area contributed by atoms with Gasteiger partial charge >= 0.3 is 5.97 Å². The van der Waals surface area contributed by atoms with Crippen LogP contribution in [-0.4, -0.2) is 24.8 Å². The Bertz CT molecular complexity index is 384. The molecular weight excluding hydrogens is 184 g/mol. The van der Waals surface area contributed by atoms with Crippen molar-refractivity contribution in [2.24, 2.45) is 0 Å². The van der Waals surface area contributed by atoms with Crippen LogP contribution in [0.2, 0.25) is 0 Å². The number of phenolic OH excluding ortho intramolecular Hbond substituents is 1. The first-order valence-electron chi connectivity index (χ1n) is 4.29. The van der Waals surface area contributed by atoms with Gasteiger partial charge in [0.05, 0.1) is 19.3 Å². The molecule has 1 heterocycles. The number of rotatable bonds is 1. The second-order valence-electron chi connectivity index (χ2n) is 3.06. The number of methoxy groups -OCH3 is 1. The van der Waals surface area contributed by atoms with E-state index in [1.165, 1.54) is 19.2 Å². The smallest absolute Gasteiger partial charge is 0.338 e. The molecule has 0 saturated carbocycles. The molecule has 1 aliphatic rings. The van der Waals surface area contributed by atoms with Crippen LogP contribution in [0, 0.1) is 0 Å². The van der Waals surface area contributed by atoms with Crippen molar-refractivity contribution in [3.8, 4) is 11.5 Å². The SMILES string of the molecule is COC(=O)c1cc(O)cc2c1CCO2. The van der Waals surface area contributed by atoms with Gasteiger partial charge in [-0.25, -0.2) is 4.79 Å². The highest BCUT2D eigenvalue weighted by molar-refractivity contribution is 5.92. The topological polar surface area (TPSA) is 55.8 Å². The van der Waals surface area contributed by atoms with Crippen molar-refractivity contribution < 1.29 is 19.4 Å². The molecule has 0 aromatic heterocycles. The molecule has 0 saturated heterocycles. The van der Waals surface area contributed by atoms with Crippen LogP contribution in [-0.2, 0) is 11.2 Å². The van der Waals surface area contributed by atoms with Gasteiger partial charge in [-0.15, -0.1) is 0 Å². The van der Waals surface area contributed by atoms with E-state index in [1.54, 1.807) is 0 Å². The second kappa shape index (κ2) is 3.21. The van der Waals surface area contributed by atoms with E-state index in [1.807, 2.05) is 0 Å². The predicted molar refractivity (Wildman–Crippen MR) is 48.6 cm³/mol. The van der Waals surface area contributed by atoms with Crippen LogP contribution in [0.5, 0.6) is 11.5 Å². The van der Waals surface area contributed by atoms with Gasteiger partial charge in [0.2, 0.25) is 0 Å². The number of carbonyl (C=O) groups is 1. The fraction of sp³-hybridized carbons (Fsp3) is 0.300. The summed E-state index contributed by atoms with van der Waals surface area (Å²) in [6.45, 7) is 0.544. The number of hydrogen-bond donors (Lipinski definition) is 1. The summed E-state index contributed by atoms with van der Waals surface area (Å²) in [7, 11) is 1.31. The van der Waals surface area contributed by atoms with Gasteiger partial charge in [0.25, 0.3) is 0 Å². The van der Waals surface area contributed by atoms with Crippen molar-refractivity contribution in [1.29, 1.82) is 0 Å². The first-order valence-corrected chi connectivity index (χ1v) is 4.29. The zero-order chi connectivity index (χ0) is 10.1. The van der Waals surface area contributed by atoms with Crippen LogP contribution in [0.4, 0.5) is 0 Å². The maximum absolute atomic E-state index is 11.3. The highest BCUT2D eigenvalue weighted by atomic mass is 16.5. The molecule has 0 bridgehead atoms. The highest BCUT2D eigenvalue weighted by Gasteiger charge is 2.22. The fourth-order valence-electron chi connectivity index (χ4n) is 1.57. The van der Waals surface area contributed by atoms with Gasteiger partial charge in [0.1, 0.15) is 11.5 Å². The first-order chi connectivity index (χ1) is 6.72. The standard InChI is InChI=1S/C10H10O4/c1-13-10(12)8-4-6(11)5-9-7(8)2-3-14-9/h4-5,11H,2-3H2,1H3. The second-order valence-corrected chi connectivity index (χ2v) is 3.06. The lowest BCUT2D eigenvalue weighted by Crippen LogP contribution is -2.04. The van der Waals surface area contributed by atoms with Crippen molar-refractivity contribution in [3.05, 3.63) is 23.3 Å². The molecule has 0 unspecified atom stereocenters. The lowest BCUT2D eigenvalue weighted by molar-refractivity contribution is 0.0599. The molecule has 74 valence electrons. The minimum Gasteiger partial charge on any atom is -0.508 e. The third-order valence-corrected chi connectivity index (χ3v) is 2.21. The number of carbonyl (C=O) groups excluding carboxylic acids is 1. The number of ether oxygens (including phenoxy) is 2. The van der Waals surface area contributed by atoms with Gasteiger partial charge in [-0.2, -0.15) is 0 Å². The van der Waals surface area contributed by atoms with Crippen LogP contribution < -0.4 is 4.74 Å². The third-order valence-electron chi connectivity index (χ3n) is 2.21. The average molecular weight is 194 g/mol. The molecule has 2 rings (SSSR count). The van der Waals surface area contributed by atoms with Gasteiger partial charge < -0.3 is 14.6 Å². The van der Waals surface area contributed by atoms with Crippen molar-refractivity contribution in [2.45, 2.75) is 6.42 Å². The van der Waals surface area contributed by atoms with Crippen LogP contribution in [0.3, 0.4) is 0 Å². The van der Waals surface area contributed by atoms with Crippen LogP contribution >= 0.6 is 0 Å². The van der Waals surface area contributed by atoms with Crippen molar-refractivity contribution >= 4 is 5.97 Å². The number of phenols is 1. The van der Waals surface area contributed by atoms with Crippen LogP contribution in [0.25, 0.3) is 0 Å². The number of esters is 1. The predicted octanol–water partition coefficient (Wildman–Crippen LogP) is 1.11. The summed E-state index contributed by atoms with van der Waals surface area (Å²) >= 11 is 0. The molecule has 4 heteroatoms. The molecule has 14 heavy (non-hydrogen) atoms. The average Bonchev–Trinajstić information content (AvgIpc) is 2.62. The summed E-state index contributed by atoms with van der Waals surface area (Å²) in [5.74, 6) is 0.152. The maximum Gasteiger partial charge on any atom is 0.338 e. The molecule has 1 aliphatic heterocycles.